The van der Waals surface area contributed by atoms with E-state index < -0.39 is 12.3 Å². The Morgan fingerprint density at radius 1 is 1.24 bits per heavy atom. The molecule has 1 aromatic rings. The Bertz CT molecular complexity index is 561. The lowest BCUT2D eigenvalue weighted by Crippen LogP contribution is -2.28. The van der Waals surface area contributed by atoms with Crippen molar-refractivity contribution in [1.82, 2.24) is 0 Å². The fourth-order valence-electron chi connectivity index (χ4n) is 2.46. The Balaban J connectivity index is 2.38. The van der Waals surface area contributed by atoms with Crippen molar-refractivity contribution < 1.29 is 22.7 Å². The van der Waals surface area contributed by atoms with Crippen molar-refractivity contribution in [2.75, 3.05) is 5.32 Å². The summed E-state index contributed by atoms with van der Waals surface area (Å²) >= 11 is 0. The van der Waals surface area contributed by atoms with Gasteiger partial charge in [-0.3, -0.25) is 4.79 Å². The van der Waals surface area contributed by atoms with Gasteiger partial charge >= 0.3 is 6.36 Å². The number of nitrogens with one attached hydrogen (secondary N) is 1. The first kappa shape index (κ1) is 15.7. The molecule has 0 saturated carbocycles. The highest BCUT2D eigenvalue weighted by molar-refractivity contribution is 6.03. The van der Waals surface area contributed by atoms with Crippen LogP contribution in [0.5, 0.6) is 5.75 Å². The Labute approximate surface area is 121 Å². The van der Waals surface area contributed by atoms with Crippen LogP contribution in [0.25, 0.3) is 0 Å². The van der Waals surface area contributed by atoms with E-state index in [0.717, 1.165) is 0 Å². The molecule has 1 amide bonds. The molecule has 0 aliphatic carbocycles. The zero-order valence-electron chi connectivity index (χ0n) is 12.3. The third-order valence-corrected chi connectivity index (χ3v) is 4.00. The van der Waals surface area contributed by atoms with Gasteiger partial charge in [-0.25, -0.2) is 0 Å². The summed E-state index contributed by atoms with van der Waals surface area (Å²) in [5.41, 5.74) is 0.963. The lowest BCUT2D eigenvalue weighted by atomic mass is 9.72. The maximum absolute atomic E-state index is 12.3. The second-order valence-corrected chi connectivity index (χ2v) is 6.42. The number of hydrogen-bond donors (Lipinski definition) is 1. The number of benzene rings is 1. The van der Waals surface area contributed by atoms with Crippen molar-refractivity contribution in [1.29, 1.82) is 0 Å². The lowest BCUT2D eigenvalue weighted by molar-refractivity contribution is -0.274. The van der Waals surface area contributed by atoms with Crippen molar-refractivity contribution in [3.63, 3.8) is 0 Å². The normalized spacial score (nSPS) is 20.0. The van der Waals surface area contributed by atoms with Gasteiger partial charge in [-0.2, -0.15) is 0 Å². The second-order valence-electron chi connectivity index (χ2n) is 6.42. The number of halogens is 3. The first-order valence-corrected chi connectivity index (χ1v) is 6.69. The summed E-state index contributed by atoms with van der Waals surface area (Å²) < 4.78 is 40.9. The molecule has 3 nitrogen and oxygen atoms in total. The first-order chi connectivity index (χ1) is 9.49. The summed E-state index contributed by atoms with van der Waals surface area (Å²) in [5, 5.41) is 2.71. The van der Waals surface area contributed by atoms with Crippen LogP contribution in [0.2, 0.25) is 0 Å². The molecule has 2 rings (SSSR count). The predicted octanol–water partition coefficient (Wildman–Crippen LogP) is 4.30. The minimum atomic E-state index is -4.74. The van der Waals surface area contributed by atoms with Gasteiger partial charge in [-0.1, -0.05) is 27.7 Å². The molecular formula is C15H18F3NO2. The average molecular weight is 301 g/mol. The van der Waals surface area contributed by atoms with Gasteiger partial charge in [0.25, 0.3) is 0 Å². The van der Waals surface area contributed by atoms with E-state index in [-0.39, 0.29) is 23.0 Å². The zero-order chi connectivity index (χ0) is 16.0. The van der Waals surface area contributed by atoms with Crippen LogP contribution in [0.3, 0.4) is 0 Å². The van der Waals surface area contributed by atoms with Crippen LogP contribution in [0.15, 0.2) is 18.2 Å². The quantitative estimate of drug-likeness (QED) is 0.884. The van der Waals surface area contributed by atoms with Gasteiger partial charge in [0.2, 0.25) is 5.91 Å². The number of fused-ring (bicyclic) bond motifs is 1. The minimum absolute atomic E-state index is 0.0279. The molecule has 116 valence electrons. The van der Waals surface area contributed by atoms with Crippen LogP contribution < -0.4 is 10.1 Å². The molecule has 1 aromatic carbocycles. The highest BCUT2D eigenvalue weighted by atomic mass is 19.4. The molecule has 1 N–H and O–H groups in total. The molecule has 6 heteroatoms. The van der Waals surface area contributed by atoms with Gasteiger partial charge in [0, 0.05) is 5.69 Å². The van der Waals surface area contributed by atoms with Crippen molar-refractivity contribution in [2.24, 2.45) is 11.3 Å². The third-order valence-electron chi connectivity index (χ3n) is 4.00. The summed E-state index contributed by atoms with van der Waals surface area (Å²) in [5.74, 6) is -0.989. The van der Waals surface area contributed by atoms with Crippen LogP contribution in [0, 0.1) is 11.3 Å². The molecule has 0 radical (unpaired) electrons. The van der Waals surface area contributed by atoms with Gasteiger partial charge in [0.1, 0.15) is 5.75 Å². The number of rotatable bonds is 2. The molecule has 1 aliphatic heterocycles. The first-order valence-electron chi connectivity index (χ1n) is 6.69. The maximum atomic E-state index is 12.3. The zero-order valence-corrected chi connectivity index (χ0v) is 12.3. The van der Waals surface area contributed by atoms with Gasteiger partial charge in [-0.05, 0) is 35.1 Å². The summed E-state index contributed by atoms with van der Waals surface area (Å²) in [7, 11) is 0. The summed E-state index contributed by atoms with van der Waals surface area (Å²) in [6.45, 7) is 7.92. The number of hydrogen-bond acceptors (Lipinski definition) is 2. The van der Waals surface area contributed by atoms with Crippen LogP contribution in [-0.4, -0.2) is 12.3 Å². The SMILES string of the molecule is CC(C1C(=O)Nc2ccc(OC(F)(F)F)cc21)C(C)(C)C. The second kappa shape index (κ2) is 4.93. The van der Waals surface area contributed by atoms with Gasteiger partial charge in [-0.15, -0.1) is 13.2 Å². The molecule has 21 heavy (non-hydrogen) atoms. The molecule has 1 heterocycles. The number of ether oxygens (including phenoxy) is 1. The lowest BCUT2D eigenvalue weighted by Gasteiger charge is -2.31. The van der Waals surface area contributed by atoms with Gasteiger partial charge < -0.3 is 10.1 Å². The summed E-state index contributed by atoms with van der Waals surface area (Å²) in [4.78, 5) is 12.1. The minimum Gasteiger partial charge on any atom is -0.406 e. The van der Waals surface area contributed by atoms with Crippen LogP contribution in [0.1, 0.15) is 39.2 Å². The number of carbonyl (C=O) groups excluding carboxylic acids is 1. The summed E-state index contributed by atoms with van der Waals surface area (Å²) in [6.07, 6.45) is -4.74. The molecule has 0 saturated heterocycles. The van der Waals surface area contributed by atoms with E-state index in [4.69, 9.17) is 0 Å². The van der Waals surface area contributed by atoms with Crippen LogP contribution in [-0.2, 0) is 4.79 Å². The maximum Gasteiger partial charge on any atom is 0.573 e. The van der Waals surface area contributed by atoms with Crippen molar-refractivity contribution in [2.45, 2.75) is 40.0 Å². The molecule has 2 unspecified atom stereocenters. The van der Waals surface area contributed by atoms with E-state index in [9.17, 15) is 18.0 Å². The molecule has 1 aliphatic rings. The van der Waals surface area contributed by atoms with Crippen LogP contribution >= 0.6 is 0 Å². The molecule has 0 fully saturated rings. The van der Waals surface area contributed by atoms with Crippen molar-refractivity contribution in [3.8, 4) is 5.75 Å². The number of anilines is 1. The molecule has 0 bridgehead atoms. The largest absolute Gasteiger partial charge is 0.573 e. The van der Waals surface area contributed by atoms with E-state index in [2.05, 4.69) is 10.1 Å². The Kier molecular flexibility index (Phi) is 3.68. The molecule has 0 spiro atoms. The highest BCUT2D eigenvalue weighted by Crippen LogP contribution is 2.45. The predicted molar refractivity (Wildman–Crippen MR) is 73.1 cm³/mol. The van der Waals surface area contributed by atoms with E-state index in [1.807, 2.05) is 27.7 Å². The van der Waals surface area contributed by atoms with E-state index in [1.165, 1.54) is 18.2 Å². The van der Waals surface area contributed by atoms with E-state index in [0.29, 0.717) is 11.3 Å². The standard InChI is InChI=1S/C15H18F3NO2/c1-8(14(2,3)4)12-10-7-9(21-15(16,17)18)5-6-11(10)19-13(12)20/h5-8,12H,1-4H3,(H,19,20). The Morgan fingerprint density at radius 3 is 2.38 bits per heavy atom. The number of carbonyl (C=O) groups is 1. The van der Waals surface area contributed by atoms with Crippen molar-refractivity contribution in [3.05, 3.63) is 23.8 Å². The number of amides is 1. The number of alkyl halides is 3. The van der Waals surface area contributed by atoms with Gasteiger partial charge in [0.05, 0.1) is 5.92 Å². The Morgan fingerprint density at radius 2 is 1.86 bits per heavy atom. The van der Waals surface area contributed by atoms with Crippen molar-refractivity contribution >= 4 is 11.6 Å². The molecule has 0 aromatic heterocycles. The van der Waals surface area contributed by atoms with E-state index in [1.54, 1.807) is 0 Å². The van der Waals surface area contributed by atoms with E-state index >= 15 is 0 Å². The molecular weight excluding hydrogens is 283 g/mol. The average Bonchev–Trinajstić information content (AvgIpc) is 2.60. The monoisotopic (exact) mass is 301 g/mol. The topological polar surface area (TPSA) is 38.3 Å². The highest BCUT2D eigenvalue weighted by Gasteiger charge is 2.40. The van der Waals surface area contributed by atoms with Crippen LogP contribution in [0.4, 0.5) is 18.9 Å². The fourth-order valence-corrected chi connectivity index (χ4v) is 2.46. The Hall–Kier alpha value is -1.72. The third kappa shape index (κ3) is 3.31. The molecule has 2 atom stereocenters. The summed E-state index contributed by atoms with van der Waals surface area (Å²) in [6, 6.07) is 3.95. The van der Waals surface area contributed by atoms with Gasteiger partial charge in [0.15, 0.2) is 0 Å². The fraction of sp³-hybridized carbons (Fsp3) is 0.533. The smallest absolute Gasteiger partial charge is 0.406 e.